The van der Waals surface area contributed by atoms with Gasteiger partial charge in [0, 0.05) is 29.8 Å². The van der Waals surface area contributed by atoms with Crippen molar-refractivity contribution in [1.82, 2.24) is 4.98 Å². The third-order valence-corrected chi connectivity index (χ3v) is 3.35. The van der Waals surface area contributed by atoms with Gasteiger partial charge in [0.1, 0.15) is 0 Å². The van der Waals surface area contributed by atoms with Gasteiger partial charge in [-0.1, -0.05) is 30.0 Å². The lowest BCUT2D eigenvalue weighted by Gasteiger charge is -1.97. The Morgan fingerprint density at radius 2 is 1.67 bits per heavy atom. The summed E-state index contributed by atoms with van der Waals surface area (Å²) in [5.41, 5.74) is 1.46. The average Bonchev–Trinajstić information content (AvgIpc) is 2.37. The van der Waals surface area contributed by atoms with E-state index in [1.165, 1.54) is 12.3 Å². The van der Waals surface area contributed by atoms with Crippen molar-refractivity contribution in [2.24, 2.45) is 0 Å². The smallest absolute Gasteiger partial charge is 0.177 e. The van der Waals surface area contributed by atoms with Crippen molar-refractivity contribution in [2.45, 2.75) is 4.90 Å². The molecular formula is C14H11NO2S. The lowest BCUT2D eigenvalue weighted by molar-refractivity contribution is 0.601. The summed E-state index contributed by atoms with van der Waals surface area (Å²) < 4.78 is 22.7. The third-order valence-electron chi connectivity index (χ3n) is 2.27. The molecule has 0 fully saturated rings. The van der Waals surface area contributed by atoms with Crippen molar-refractivity contribution >= 4 is 9.84 Å². The molecular weight excluding hydrogens is 246 g/mol. The zero-order chi connectivity index (χ0) is 13.0. The van der Waals surface area contributed by atoms with Gasteiger partial charge in [0.25, 0.3) is 0 Å². The number of hydrogen-bond acceptors (Lipinski definition) is 3. The minimum Gasteiger partial charge on any atom is -0.262 e. The van der Waals surface area contributed by atoms with Crippen LogP contribution >= 0.6 is 0 Å². The van der Waals surface area contributed by atoms with Crippen LogP contribution in [0.15, 0.2) is 53.7 Å². The van der Waals surface area contributed by atoms with Gasteiger partial charge in [0.2, 0.25) is 0 Å². The predicted octanol–water partition coefficient (Wildman–Crippen LogP) is 1.88. The van der Waals surface area contributed by atoms with Crippen LogP contribution in [0.4, 0.5) is 0 Å². The molecule has 0 radical (unpaired) electrons. The molecule has 0 atom stereocenters. The molecule has 0 saturated heterocycles. The molecule has 2 aromatic rings. The van der Waals surface area contributed by atoms with E-state index in [2.05, 4.69) is 16.8 Å². The van der Waals surface area contributed by atoms with Gasteiger partial charge in [-0.3, -0.25) is 4.98 Å². The second kappa shape index (κ2) is 5.03. The second-order valence-electron chi connectivity index (χ2n) is 3.80. The third kappa shape index (κ3) is 3.19. The molecule has 0 aliphatic heterocycles. The number of nitrogens with zero attached hydrogens (tertiary/aromatic N) is 1. The first-order chi connectivity index (χ1) is 8.55. The highest BCUT2D eigenvalue weighted by Crippen LogP contribution is 2.08. The maximum absolute atomic E-state index is 11.4. The molecule has 18 heavy (non-hydrogen) atoms. The SMILES string of the molecule is CS(=O)(=O)c1cncc(C#Cc2ccccc2)c1. The lowest BCUT2D eigenvalue weighted by Crippen LogP contribution is -1.98. The van der Waals surface area contributed by atoms with E-state index in [-0.39, 0.29) is 4.90 Å². The zero-order valence-corrected chi connectivity index (χ0v) is 10.6. The van der Waals surface area contributed by atoms with E-state index < -0.39 is 9.84 Å². The first kappa shape index (κ1) is 12.3. The van der Waals surface area contributed by atoms with Gasteiger partial charge in [-0.05, 0) is 18.2 Å². The van der Waals surface area contributed by atoms with Crippen molar-refractivity contribution in [2.75, 3.05) is 6.26 Å². The molecule has 1 heterocycles. The van der Waals surface area contributed by atoms with Crippen LogP contribution < -0.4 is 0 Å². The van der Waals surface area contributed by atoms with Crippen LogP contribution in [0.1, 0.15) is 11.1 Å². The Balaban J connectivity index is 2.35. The van der Waals surface area contributed by atoms with Crippen molar-refractivity contribution in [3.8, 4) is 11.8 Å². The van der Waals surface area contributed by atoms with Gasteiger partial charge in [0.05, 0.1) is 4.90 Å². The summed E-state index contributed by atoms with van der Waals surface area (Å²) in [6, 6.07) is 11.0. The monoisotopic (exact) mass is 257 g/mol. The van der Waals surface area contributed by atoms with Crippen LogP contribution in [0.25, 0.3) is 0 Å². The van der Waals surface area contributed by atoms with E-state index in [1.807, 2.05) is 30.3 Å². The summed E-state index contributed by atoms with van der Waals surface area (Å²) in [6.45, 7) is 0. The molecule has 90 valence electrons. The normalized spacial score (nSPS) is 10.5. The Kier molecular flexibility index (Phi) is 3.45. The minimum absolute atomic E-state index is 0.183. The lowest BCUT2D eigenvalue weighted by atomic mass is 10.2. The van der Waals surface area contributed by atoms with Crippen molar-refractivity contribution in [1.29, 1.82) is 0 Å². The number of aromatic nitrogens is 1. The highest BCUT2D eigenvalue weighted by atomic mass is 32.2. The Bertz CT molecular complexity index is 710. The topological polar surface area (TPSA) is 47.0 Å². The van der Waals surface area contributed by atoms with Crippen LogP contribution in [0.2, 0.25) is 0 Å². The first-order valence-corrected chi connectivity index (χ1v) is 7.17. The molecule has 0 aliphatic rings. The second-order valence-corrected chi connectivity index (χ2v) is 5.81. The number of sulfone groups is 1. The van der Waals surface area contributed by atoms with E-state index in [9.17, 15) is 8.42 Å². The Hall–Kier alpha value is -2.12. The number of rotatable bonds is 1. The molecule has 0 N–H and O–H groups in total. The Morgan fingerprint density at radius 1 is 1.00 bits per heavy atom. The number of benzene rings is 1. The van der Waals surface area contributed by atoms with Gasteiger partial charge in [-0.25, -0.2) is 8.42 Å². The van der Waals surface area contributed by atoms with Crippen LogP contribution in [0.5, 0.6) is 0 Å². The molecule has 0 amide bonds. The maximum atomic E-state index is 11.4. The Morgan fingerprint density at radius 3 is 2.33 bits per heavy atom. The summed E-state index contributed by atoms with van der Waals surface area (Å²) in [5, 5.41) is 0. The highest BCUT2D eigenvalue weighted by Gasteiger charge is 2.06. The molecule has 3 nitrogen and oxygen atoms in total. The summed E-state index contributed by atoms with van der Waals surface area (Å²) in [7, 11) is -3.24. The molecule has 2 rings (SSSR count). The molecule has 0 spiro atoms. The highest BCUT2D eigenvalue weighted by molar-refractivity contribution is 7.90. The number of pyridine rings is 1. The van der Waals surface area contributed by atoms with Crippen molar-refractivity contribution < 1.29 is 8.42 Å². The molecule has 0 aliphatic carbocycles. The van der Waals surface area contributed by atoms with Gasteiger partial charge in [0.15, 0.2) is 9.84 Å². The van der Waals surface area contributed by atoms with E-state index >= 15 is 0 Å². The molecule has 0 bridgehead atoms. The fraction of sp³-hybridized carbons (Fsp3) is 0.0714. The van der Waals surface area contributed by atoms with Gasteiger partial charge >= 0.3 is 0 Å². The molecule has 1 aromatic heterocycles. The first-order valence-electron chi connectivity index (χ1n) is 5.28. The molecule has 1 aromatic carbocycles. The molecule has 0 unspecified atom stereocenters. The van der Waals surface area contributed by atoms with E-state index in [4.69, 9.17) is 0 Å². The largest absolute Gasteiger partial charge is 0.262 e. The molecule has 4 heteroatoms. The maximum Gasteiger partial charge on any atom is 0.177 e. The van der Waals surface area contributed by atoms with E-state index in [1.54, 1.807) is 6.20 Å². The summed E-state index contributed by atoms with van der Waals surface area (Å²) in [4.78, 5) is 4.06. The van der Waals surface area contributed by atoms with Gasteiger partial charge in [-0.2, -0.15) is 0 Å². The van der Waals surface area contributed by atoms with Crippen LogP contribution in [-0.2, 0) is 9.84 Å². The number of hydrogen-bond donors (Lipinski definition) is 0. The quantitative estimate of drug-likeness (QED) is 0.733. The predicted molar refractivity (Wildman–Crippen MR) is 69.8 cm³/mol. The summed E-state index contributed by atoms with van der Waals surface area (Å²) >= 11 is 0. The fourth-order valence-corrected chi connectivity index (χ4v) is 1.95. The summed E-state index contributed by atoms with van der Waals surface area (Å²) in [6.07, 6.45) is 4.02. The van der Waals surface area contributed by atoms with Crippen LogP contribution in [-0.4, -0.2) is 19.7 Å². The zero-order valence-electron chi connectivity index (χ0n) is 9.79. The fourth-order valence-electron chi connectivity index (χ4n) is 1.36. The standard InChI is InChI=1S/C14H11NO2S/c1-18(16,17)14-9-13(10-15-11-14)8-7-12-5-3-2-4-6-12/h2-6,9-11H,1H3. The van der Waals surface area contributed by atoms with Gasteiger partial charge in [-0.15, -0.1) is 0 Å². The summed E-state index contributed by atoms with van der Waals surface area (Å²) in [5.74, 6) is 5.85. The molecule has 0 saturated carbocycles. The Labute approximate surface area is 106 Å². The average molecular weight is 257 g/mol. The van der Waals surface area contributed by atoms with Crippen LogP contribution in [0, 0.1) is 11.8 Å². The van der Waals surface area contributed by atoms with E-state index in [0.29, 0.717) is 5.56 Å². The van der Waals surface area contributed by atoms with Crippen molar-refractivity contribution in [3.63, 3.8) is 0 Å². The van der Waals surface area contributed by atoms with Gasteiger partial charge < -0.3 is 0 Å². The van der Waals surface area contributed by atoms with Crippen LogP contribution in [0.3, 0.4) is 0 Å². The minimum atomic E-state index is -3.24. The van der Waals surface area contributed by atoms with Crippen molar-refractivity contribution in [3.05, 3.63) is 59.9 Å². The van der Waals surface area contributed by atoms with E-state index in [0.717, 1.165) is 11.8 Å².